The van der Waals surface area contributed by atoms with Gasteiger partial charge in [0.15, 0.2) is 11.6 Å². The smallest absolute Gasteiger partial charge is 0.408 e. The average Bonchev–Trinajstić information content (AvgIpc) is 3.06. The van der Waals surface area contributed by atoms with Crippen molar-refractivity contribution in [3.63, 3.8) is 0 Å². The molecular formula is C18H17F5N6O. The summed E-state index contributed by atoms with van der Waals surface area (Å²) in [6, 6.07) is 1.86. The minimum atomic E-state index is -4.39. The van der Waals surface area contributed by atoms with Crippen molar-refractivity contribution in [3.05, 3.63) is 53.5 Å². The van der Waals surface area contributed by atoms with Crippen LogP contribution in [0.3, 0.4) is 0 Å². The van der Waals surface area contributed by atoms with Gasteiger partial charge in [-0.3, -0.25) is 4.68 Å². The zero-order valence-corrected chi connectivity index (χ0v) is 15.9. The van der Waals surface area contributed by atoms with Gasteiger partial charge in [0.1, 0.15) is 18.2 Å². The molecule has 0 spiro atoms. The van der Waals surface area contributed by atoms with Crippen molar-refractivity contribution in [1.29, 1.82) is 0 Å². The van der Waals surface area contributed by atoms with Crippen LogP contribution in [-0.4, -0.2) is 33.0 Å². The molecule has 0 saturated carbocycles. The number of halogens is 5. The molecular weight excluding hydrogens is 411 g/mol. The van der Waals surface area contributed by atoms with Gasteiger partial charge in [-0.1, -0.05) is 0 Å². The van der Waals surface area contributed by atoms with Crippen LogP contribution in [-0.2, 0) is 13.1 Å². The number of aromatic nitrogens is 4. The third-order valence-corrected chi connectivity index (χ3v) is 3.94. The third-order valence-electron chi connectivity index (χ3n) is 3.94. The second kappa shape index (κ2) is 8.51. The molecule has 160 valence electrons. The highest BCUT2D eigenvalue weighted by atomic mass is 19.4. The summed E-state index contributed by atoms with van der Waals surface area (Å²) in [6.45, 7) is 0.512. The number of nitrogens with zero attached hydrogens (tertiary/aromatic N) is 4. The third kappa shape index (κ3) is 5.33. The van der Waals surface area contributed by atoms with Crippen LogP contribution < -0.4 is 15.4 Å². The summed E-state index contributed by atoms with van der Waals surface area (Å²) in [6.07, 6.45) is -0.522. The Labute approximate surface area is 167 Å². The zero-order chi connectivity index (χ0) is 21.9. The van der Waals surface area contributed by atoms with Gasteiger partial charge in [0.05, 0.1) is 19.0 Å². The molecule has 12 heteroatoms. The molecule has 2 N–H and O–H groups in total. The topological polar surface area (TPSA) is 76.9 Å². The molecule has 2 aromatic heterocycles. The van der Waals surface area contributed by atoms with Gasteiger partial charge in [-0.15, -0.1) is 0 Å². The maximum absolute atomic E-state index is 13.8. The lowest BCUT2D eigenvalue weighted by molar-refractivity contribution is -0.142. The first-order valence-electron chi connectivity index (χ1n) is 8.60. The van der Waals surface area contributed by atoms with Crippen molar-refractivity contribution in [1.82, 2.24) is 19.7 Å². The summed E-state index contributed by atoms with van der Waals surface area (Å²) in [5, 5.41) is 9.33. The van der Waals surface area contributed by atoms with E-state index < -0.39 is 24.4 Å². The van der Waals surface area contributed by atoms with E-state index in [4.69, 9.17) is 4.74 Å². The summed E-state index contributed by atoms with van der Waals surface area (Å²) in [5.41, 5.74) is 1.16. The summed E-state index contributed by atoms with van der Waals surface area (Å²) in [4.78, 5) is 8.31. The zero-order valence-electron chi connectivity index (χ0n) is 15.9. The maximum atomic E-state index is 13.8. The molecule has 0 aliphatic heterocycles. The Hall–Kier alpha value is -3.44. The first kappa shape index (κ1) is 21.3. The number of nitrogens with one attached hydrogen (secondary N) is 2. The minimum absolute atomic E-state index is 0.0126. The van der Waals surface area contributed by atoms with Crippen LogP contribution in [0.15, 0.2) is 30.7 Å². The van der Waals surface area contributed by atoms with Crippen LogP contribution in [0.2, 0.25) is 0 Å². The van der Waals surface area contributed by atoms with Gasteiger partial charge < -0.3 is 15.4 Å². The molecule has 3 rings (SSSR count). The van der Waals surface area contributed by atoms with E-state index in [1.54, 1.807) is 6.92 Å². The van der Waals surface area contributed by atoms with Crippen molar-refractivity contribution in [3.8, 4) is 5.75 Å². The van der Waals surface area contributed by atoms with E-state index in [9.17, 15) is 22.0 Å². The summed E-state index contributed by atoms with van der Waals surface area (Å²) in [7, 11) is 1.27. The molecule has 0 bridgehead atoms. The van der Waals surface area contributed by atoms with Crippen LogP contribution >= 0.6 is 0 Å². The fourth-order valence-electron chi connectivity index (χ4n) is 2.66. The SMILES string of the molecule is COc1c(F)cc(F)cc1CNc1nc(Nc2cnn(CC(F)(F)F)c2)ncc1C. The van der Waals surface area contributed by atoms with Crippen LogP contribution in [0.25, 0.3) is 0 Å². The molecule has 0 saturated heterocycles. The molecule has 3 aromatic rings. The van der Waals surface area contributed by atoms with Gasteiger partial charge in [0.2, 0.25) is 5.95 Å². The number of methoxy groups -OCH3 is 1. The van der Waals surface area contributed by atoms with Crippen molar-refractivity contribution in [2.45, 2.75) is 26.2 Å². The number of aryl methyl sites for hydroxylation is 1. The lowest BCUT2D eigenvalue weighted by atomic mass is 10.2. The highest BCUT2D eigenvalue weighted by Crippen LogP contribution is 2.26. The Morgan fingerprint density at radius 2 is 1.93 bits per heavy atom. The van der Waals surface area contributed by atoms with E-state index in [-0.39, 0.29) is 29.5 Å². The molecule has 0 unspecified atom stereocenters. The number of hydrogen-bond donors (Lipinski definition) is 2. The monoisotopic (exact) mass is 428 g/mol. The Morgan fingerprint density at radius 1 is 1.17 bits per heavy atom. The Morgan fingerprint density at radius 3 is 2.63 bits per heavy atom. The first-order chi connectivity index (χ1) is 14.1. The molecule has 0 aliphatic carbocycles. The predicted molar refractivity (Wildman–Crippen MR) is 98.6 cm³/mol. The number of rotatable bonds is 7. The second-order valence-electron chi connectivity index (χ2n) is 6.33. The Kier molecular flexibility index (Phi) is 6.04. The van der Waals surface area contributed by atoms with Crippen LogP contribution in [0.1, 0.15) is 11.1 Å². The average molecular weight is 428 g/mol. The number of alkyl halides is 3. The maximum Gasteiger partial charge on any atom is 0.408 e. The van der Waals surface area contributed by atoms with Crippen molar-refractivity contribution in [2.24, 2.45) is 0 Å². The standard InChI is InChI=1S/C18H17F5N6O/c1-10-5-25-17(27-13-7-26-29(8-13)9-18(21,22)23)28-16(10)24-6-11-3-12(19)4-14(20)15(11)30-2/h3-5,7-8H,6,9H2,1-2H3,(H2,24,25,27,28). The molecule has 0 radical (unpaired) electrons. The fourth-order valence-corrected chi connectivity index (χ4v) is 2.66. The Bertz CT molecular complexity index is 1040. The molecule has 2 heterocycles. The van der Waals surface area contributed by atoms with E-state index in [1.165, 1.54) is 25.7 Å². The molecule has 7 nitrogen and oxygen atoms in total. The summed E-state index contributed by atoms with van der Waals surface area (Å²) in [5.74, 6) is -1.20. The molecule has 1 aromatic carbocycles. The van der Waals surface area contributed by atoms with E-state index in [0.717, 1.165) is 16.8 Å². The van der Waals surface area contributed by atoms with Gasteiger partial charge in [0, 0.05) is 36.1 Å². The van der Waals surface area contributed by atoms with Crippen LogP contribution in [0.4, 0.5) is 39.4 Å². The van der Waals surface area contributed by atoms with E-state index in [1.807, 2.05) is 0 Å². The normalized spacial score (nSPS) is 11.4. The highest BCUT2D eigenvalue weighted by molar-refractivity contribution is 5.54. The molecule has 0 aliphatic rings. The van der Waals surface area contributed by atoms with Gasteiger partial charge >= 0.3 is 6.18 Å². The largest absolute Gasteiger partial charge is 0.493 e. The predicted octanol–water partition coefficient (Wildman–Crippen LogP) is 4.19. The molecule has 0 amide bonds. The second-order valence-corrected chi connectivity index (χ2v) is 6.33. The lowest BCUT2D eigenvalue weighted by Gasteiger charge is -2.13. The van der Waals surface area contributed by atoms with E-state index in [2.05, 4.69) is 25.7 Å². The van der Waals surface area contributed by atoms with E-state index in [0.29, 0.717) is 11.4 Å². The Balaban J connectivity index is 1.73. The van der Waals surface area contributed by atoms with Crippen molar-refractivity contribution in [2.75, 3.05) is 17.7 Å². The summed E-state index contributed by atoms with van der Waals surface area (Å²) < 4.78 is 70.4. The van der Waals surface area contributed by atoms with Crippen LogP contribution in [0, 0.1) is 18.6 Å². The highest BCUT2D eigenvalue weighted by Gasteiger charge is 2.28. The van der Waals surface area contributed by atoms with E-state index >= 15 is 0 Å². The van der Waals surface area contributed by atoms with Gasteiger partial charge in [-0.2, -0.15) is 23.3 Å². The van der Waals surface area contributed by atoms with Gasteiger partial charge in [-0.05, 0) is 13.0 Å². The number of hydrogen-bond acceptors (Lipinski definition) is 6. The lowest BCUT2D eigenvalue weighted by Crippen LogP contribution is -2.17. The fraction of sp³-hybridized carbons (Fsp3) is 0.278. The quantitative estimate of drug-likeness (QED) is 0.550. The van der Waals surface area contributed by atoms with Gasteiger partial charge in [-0.25, -0.2) is 13.8 Å². The van der Waals surface area contributed by atoms with Gasteiger partial charge in [0.25, 0.3) is 0 Å². The molecule has 30 heavy (non-hydrogen) atoms. The summed E-state index contributed by atoms with van der Waals surface area (Å²) >= 11 is 0. The first-order valence-corrected chi connectivity index (χ1v) is 8.60. The number of benzene rings is 1. The van der Waals surface area contributed by atoms with Crippen molar-refractivity contribution >= 4 is 17.5 Å². The molecule has 0 atom stereocenters. The molecule has 0 fully saturated rings. The van der Waals surface area contributed by atoms with Crippen molar-refractivity contribution < 1.29 is 26.7 Å². The van der Waals surface area contributed by atoms with Crippen LogP contribution in [0.5, 0.6) is 5.75 Å². The minimum Gasteiger partial charge on any atom is -0.493 e. The number of ether oxygens (including phenoxy) is 1. The number of anilines is 3.